The van der Waals surface area contributed by atoms with Crippen molar-refractivity contribution < 1.29 is 69.4 Å². The van der Waals surface area contributed by atoms with Gasteiger partial charge in [-0.05, 0) is 45.4 Å². The van der Waals surface area contributed by atoms with Crippen molar-refractivity contribution >= 4 is 12.2 Å². The summed E-state index contributed by atoms with van der Waals surface area (Å²) in [5, 5.41) is 83.9. The van der Waals surface area contributed by atoms with Crippen molar-refractivity contribution in [3.05, 3.63) is 0 Å². The van der Waals surface area contributed by atoms with Crippen molar-refractivity contribution in [2.75, 3.05) is 39.5 Å². The lowest BCUT2D eigenvalue weighted by Gasteiger charge is -2.39. The van der Waals surface area contributed by atoms with Crippen LogP contribution in [0.5, 0.6) is 0 Å². The van der Waals surface area contributed by atoms with Gasteiger partial charge in [-0.3, -0.25) is 4.79 Å². The predicted molar refractivity (Wildman–Crippen MR) is 156 cm³/mol. The number of unbranched alkanes of at least 4 members (excludes halogenated alkanes) is 2. The summed E-state index contributed by atoms with van der Waals surface area (Å²) >= 11 is 0. The molecule has 0 spiro atoms. The highest BCUT2D eigenvalue weighted by Crippen LogP contribution is 2.23. The van der Waals surface area contributed by atoms with Crippen LogP contribution >= 0.6 is 0 Å². The lowest BCUT2D eigenvalue weighted by atomic mass is 9.99. The van der Waals surface area contributed by atoms with Gasteiger partial charge in [0.2, 0.25) is 5.91 Å². The maximum Gasteiger partial charge on any atom is 0.219 e. The third kappa shape index (κ3) is 13.3. The molecule has 2 fully saturated rings. The van der Waals surface area contributed by atoms with Crippen LogP contribution in [0.1, 0.15) is 58.3 Å². The zero-order valence-electron chi connectivity index (χ0n) is 25.9. The van der Waals surface area contributed by atoms with E-state index in [1.54, 1.807) is 0 Å². The molecular weight excluding hydrogens is 600 g/mol. The van der Waals surface area contributed by atoms with E-state index in [0.29, 0.717) is 45.2 Å². The highest BCUT2D eigenvalue weighted by molar-refractivity contribution is 5.75. The second-order valence-corrected chi connectivity index (χ2v) is 11.8. The molecule has 12 unspecified atom stereocenters. The molecule has 0 aromatic carbocycles. The SMILES string of the molecule is CC(CCCCNC(=O)CCCCOC1OC(CO)C(O)C(O)C1O)NCC(C=O)CCCOC1OC(CO)C(O)C(O)C1O. The first kappa shape index (κ1) is 39.8. The number of aldehydes is 1. The summed E-state index contributed by atoms with van der Waals surface area (Å²) in [5.41, 5.74) is 0. The third-order valence-corrected chi connectivity index (χ3v) is 8.09. The number of hydrogen-bond donors (Lipinski definition) is 10. The van der Waals surface area contributed by atoms with Gasteiger partial charge in [0.05, 0.1) is 13.2 Å². The van der Waals surface area contributed by atoms with E-state index in [2.05, 4.69) is 10.6 Å². The summed E-state index contributed by atoms with van der Waals surface area (Å²) in [6.45, 7) is 2.31. The molecule has 0 aromatic heterocycles. The van der Waals surface area contributed by atoms with Gasteiger partial charge < -0.3 is 75.2 Å². The van der Waals surface area contributed by atoms with Crippen molar-refractivity contribution in [3.63, 3.8) is 0 Å². The van der Waals surface area contributed by atoms with Crippen molar-refractivity contribution in [1.82, 2.24) is 10.6 Å². The number of aliphatic hydroxyl groups excluding tert-OH is 8. The Bertz CT molecular complexity index is 824. The third-order valence-electron chi connectivity index (χ3n) is 8.09. The minimum absolute atomic E-state index is 0.0849. The molecule has 264 valence electrons. The Hall–Kier alpha value is -1.38. The van der Waals surface area contributed by atoms with Crippen LogP contribution in [0.4, 0.5) is 0 Å². The smallest absolute Gasteiger partial charge is 0.219 e. The molecule has 0 radical (unpaired) electrons. The summed E-state index contributed by atoms with van der Waals surface area (Å²) in [4.78, 5) is 23.6. The van der Waals surface area contributed by atoms with Gasteiger partial charge in [0.15, 0.2) is 12.6 Å². The maximum atomic E-state index is 12.1. The molecule has 2 heterocycles. The van der Waals surface area contributed by atoms with Crippen LogP contribution in [0, 0.1) is 5.92 Å². The molecule has 10 N–H and O–H groups in total. The minimum atomic E-state index is -1.50. The molecule has 2 rings (SSSR count). The molecule has 16 heteroatoms. The van der Waals surface area contributed by atoms with Crippen LogP contribution in [0.2, 0.25) is 0 Å². The molecule has 2 aliphatic heterocycles. The van der Waals surface area contributed by atoms with Crippen molar-refractivity contribution in [2.24, 2.45) is 5.92 Å². The first-order valence-corrected chi connectivity index (χ1v) is 15.8. The second kappa shape index (κ2) is 21.5. The fourth-order valence-corrected chi connectivity index (χ4v) is 5.11. The Morgan fingerprint density at radius 2 is 1.31 bits per heavy atom. The summed E-state index contributed by atoms with van der Waals surface area (Å²) in [7, 11) is 0. The fraction of sp³-hybridized carbons (Fsp3) is 0.931. The summed E-state index contributed by atoms with van der Waals surface area (Å²) < 4.78 is 21.5. The number of ether oxygens (including phenoxy) is 4. The molecule has 2 aliphatic rings. The van der Waals surface area contributed by atoms with Gasteiger partial charge in [0.25, 0.3) is 0 Å². The van der Waals surface area contributed by atoms with Gasteiger partial charge in [-0.25, -0.2) is 0 Å². The predicted octanol–water partition coefficient (Wildman–Crippen LogP) is -3.35. The van der Waals surface area contributed by atoms with E-state index in [4.69, 9.17) is 18.9 Å². The van der Waals surface area contributed by atoms with Gasteiger partial charge in [-0.1, -0.05) is 6.42 Å². The van der Waals surface area contributed by atoms with Crippen molar-refractivity contribution in [2.45, 2.75) is 126 Å². The van der Waals surface area contributed by atoms with E-state index in [-0.39, 0.29) is 31.1 Å². The Balaban J connectivity index is 1.47. The fourth-order valence-electron chi connectivity index (χ4n) is 5.11. The molecule has 16 nitrogen and oxygen atoms in total. The molecule has 0 aliphatic carbocycles. The monoisotopic (exact) mass is 654 g/mol. The summed E-state index contributed by atoms with van der Waals surface area (Å²) in [6.07, 6.45) is -7.41. The van der Waals surface area contributed by atoms with Gasteiger partial charge >= 0.3 is 0 Å². The average molecular weight is 655 g/mol. The number of aliphatic hydroxyl groups is 8. The van der Waals surface area contributed by atoms with Crippen LogP contribution in [-0.2, 0) is 28.5 Å². The van der Waals surface area contributed by atoms with Crippen LogP contribution < -0.4 is 10.6 Å². The largest absolute Gasteiger partial charge is 0.394 e. The van der Waals surface area contributed by atoms with E-state index in [9.17, 15) is 50.4 Å². The topological polar surface area (TPSA) is 257 Å². The second-order valence-electron chi connectivity index (χ2n) is 11.8. The number of carbonyl (C=O) groups is 2. The van der Waals surface area contributed by atoms with E-state index >= 15 is 0 Å². The van der Waals surface area contributed by atoms with Crippen molar-refractivity contribution in [1.29, 1.82) is 0 Å². The Labute approximate surface area is 263 Å². The average Bonchev–Trinajstić information content (AvgIpc) is 3.03. The molecule has 0 aromatic rings. The zero-order valence-corrected chi connectivity index (χ0v) is 25.9. The van der Waals surface area contributed by atoms with E-state index in [1.807, 2.05) is 6.92 Å². The van der Waals surface area contributed by atoms with Crippen molar-refractivity contribution in [3.8, 4) is 0 Å². The van der Waals surface area contributed by atoms with E-state index in [1.165, 1.54) is 0 Å². The minimum Gasteiger partial charge on any atom is -0.394 e. The van der Waals surface area contributed by atoms with Gasteiger partial charge in [-0.15, -0.1) is 0 Å². The van der Waals surface area contributed by atoms with Gasteiger partial charge in [0.1, 0.15) is 55.1 Å². The first-order valence-electron chi connectivity index (χ1n) is 15.8. The van der Waals surface area contributed by atoms with Crippen LogP contribution in [0.15, 0.2) is 0 Å². The molecule has 2 saturated heterocycles. The number of carbonyl (C=O) groups excluding carboxylic acids is 2. The Morgan fingerprint density at radius 3 is 1.84 bits per heavy atom. The Kier molecular flexibility index (Phi) is 19.0. The van der Waals surface area contributed by atoms with E-state index in [0.717, 1.165) is 25.5 Å². The number of rotatable bonds is 22. The maximum absolute atomic E-state index is 12.1. The molecule has 12 atom stereocenters. The van der Waals surface area contributed by atoms with Crippen LogP contribution in [0.3, 0.4) is 0 Å². The molecule has 45 heavy (non-hydrogen) atoms. The number of amides is 1. The molecule has 1 amide bonds. The molecule has 0 bridgehead atoms. The lowest BCUT2D eigenvalue weighted by molar-refractivity contribution is -0.301. The highest BCUT2D eigenvalue weighted by atomic mass is 16.7. The quantitative estimate of drug-likeness (QED) is 0.0404. The Morgan fingerprint density at radius 1 is 0.756 bits per heavy atom. The standard InChI is InChI=1S/C29H54N2O14/c1-17(31-13-18(14-32)8-6-12-43-29-27(41)25(39)23(37)20(16-34)45-29)7-2-4-10-30-21(35)9-3-5-11-42-28-26(40)24(38)22(36)19(15-33)44-28/h14,17-20,22-29,31,33-34,36-41H,2-13,15-16H2,1H3,(H,30,35). The van der Waals surface area contributed by atoms with Crippen LogP contribution in [0.25, 0.3) is 0 Å². The highest BCUT2D eigenvalue weighted by Gasteiger charge is 2.45. The summed E-state index contributed by atoms with van der Waals surface area (Å²) in [6, 6.07) is 0.164. The zero-order chi connectivity index (χ0) is 33.4. The molecular formula is C29H54N2O14. The lowest BCUT2D eigenvalue weighted by Crippen LogP contribution is -2.59. The van der Waals surface area contributed by atoms with E-state index < -0.39 is 74.6 Å². The summed E-state index contributed by atoms with van der Waals surface area (Å²) in [5.74, 6) is -0.328. The van der Waals surface area contributed by atoms with Gasteiger partial charge in [0, 0.05) is 44.7 Å². The first-order chi connectivity index (χ1) is 21.5. The number of nitrogens with one attached hydrogen (secondary N) is 2. The van der Waals surface area contributed by atoms with Crippen LogP contribution in [-0.4, -0.2) is 160 Å². The van der Waals surface area contributed by atoms with Gasteiger partial charge in [-0.2, -0.15) is 0 Å². The number of hydrogen-bond acceptors (Lipinski definition) is 15. The molecule has 0 saturated carbocycles. The normalized spacial score (nSPS) is 33.4.